The second-order valence-electron chi connectivity index (χ2n) is 7.81. The number of fused-ring (bicyclic) bond motifs is 1. The van der Waals surface area contributed by atoms with Gasteiger partial charge < -0.3 is 15.0 Å². The first-order chi connectivity index (χ1) is 12.3. The zero-order valence-corrected chi connectivity index (χ0v) is 15.0. The van der Waals surface area contributed by atoms with Gasteiger partial charge in [0, 0.05) is 12.6 Å². The summed E-state index contributed by atoms with van der Waals surface area (Å²) in [5, 5.41) is 3.60. The molecule has 2 aliphatic carbocycles. The highest BCUT2D eigenvalue weighted by molar-refractivity contribution is 5.79. The second-order valence-corrected chi connectivity index (χ2v) is 7.81. The molecular formula is C21H30N2O2. The molecule has 1 heterocycles. The maximum absolute atomic E-state index is 12.9. The molecule has 1 saturated heterocycles. The number of nitrogens with one attached hydrogen (secondary N) is 1. The molecule has 1 amide bonds. The van der Waals surface area contributed by atoms with E-state index in [1.54, 1.807) is 0 Å². The predicted octanol–water partition coefficient (Wildman–Crippen LogP) is 3.29. The van der Waals surface area contributed by atoms with Crippen LogP contribution in [-0.2, 0) is 9.53 Å². The molecule has 2 saturated carbocycles. The molecule has 3 aliphatic rings. The van der Waals surface area contributed by atoms with Crippen molar-refractivity contribution in [3.8, 4) is 0 Å². The van der Waals surface area contributed by atoms with Gasteiger partial charge in [-0.25, -0.2) is 0 Å². The highest BCUT2D eigenvalue weighted by Crippen LogP contribution is 2.37. The van der Waals surface area contributed by atoms with Crippen LogP contribution in [0.2, 0.25) is 0 Å². The third-order valence-corrected chi connectivity index (χ3v) is 6.31. The van der Waals surface area contributed by atoms with Gasteiger partial charge in [0.1, 0.15) is 0 Å². The molecule has 1 aromatic carbocycles. The van der Waals surface area contributed by atoms with Crippen LogP contribution in [0.5, 0.6) is 0 Å². The summed E-state index contributed by atoms with van der Waals surface area (Å²) in [4.78, 5) is 15.0. The molecule has 4 rings (SSSR count). The molecule has 1 aromatic rings. The first kappa shape index (κ1) is 17.0. The molecular weight excluding hydrogens is 312 g/mol. The van der Waals surface area contributed by atoms with Gasteiger partial charge in [-0.1, -0.05) is 49.6 Å². The van der Waals surface area contributed by atoms with Gasteiger partial charge in [-0.15, -0.1) is 0 Å². The summed E-state index contributed by atoms with van der Waals surface area (Å²) in [6.45, 7) is 1.89. The van der Waals surface area contributed by atoms with E-state index in [0.717, 1.165) is 19.4 Å². The van der Waals surface area contributed by atoms with Gasteiger partial charge in [0.05, 0.1) is 25.3 Å². The average molecular weight is 342 g/mol. The molecule has 0 bridgehead atoms. The smallest absolute Gasteiger partial charge is 0.236 e. The minimum absolute atomic E-state index is 0.250. The summed E-state index contributed by atoms with van der Waals surface area (Å²) < 4.78 is 5.91. The molecule has 1 aliphatic heterocycles. The van der Waals surface area contributed by atoms with Gasteiger partial charge in [0.15, 0.2) is 0 Å². The molecule has 1 N–H and O–H groups in total. The molecule has 4 nitrogen and oxygen atoms in total. The van der Waals surface area contributed by atoms with Crippen molar-refractivity contribution in [2.24, 2.45) is 5.92 Å². The van der Waals surface area contributed by atoms with E-state index in [2.05, 4.69) is 40.5 Å². The Hall–Kier alpha value is -1.39. The van der Waals surface area contributed by atoms with Crippen molar-refractivity contribution in [3.05, 3.63) is 35.9 Å². The van der Waals surface area contributed by atoms with Gasteiger partial charge in [-0.05, 0) is 37.2 Å². The number of benzene rings is 1. The minimum atomic E-state index is 0.250. The fourth-order valence-electron chi connectivity index (χ4n) is 4.70. The molecule has 0 aromatic heterocycles. The van der Waals surface area contributed by atoms with E-state index < -0.39 is 0 Å². The van der Waals surface area contributed by atoms with Gasteiger partial charge in [0.25, 0.3) is 0 Å². The van der Waals surface area contributed by atoms with Gasteiger partial charge in [-0.3, -0.25) is 4.79 Å². The first-order valence-corrected chi connectivity index (χ1v) is 10.0. The lowest BCUT2D eigenvalue weighted by Gasteiger charge is -2.44. The van der Waals surface area contributed by atoms with Crippen LogP contribution in [0.15, 0.2) is 30.3 Å². The van der Waals surface area contributed by atoms with Crippen molar-refractivity contribution in [1.82, 2.24) is 10.2 Å². The summed E-state index contributed by atoms with van der Waals surface area (Å²) in [5.74, 6) is 0.919. The zero-order valence-electron chi connectivity index (χ0n) is 15.0. The van der Waals surface area contributed by atoms with Gasteiger partial charge in [-0.2, -0.15) is 0 Å². The molecule has 0 radical (unpaired) electrons. The molecule has 25 heavy (non-hydrogen) atoms. The summed E-state index contributed by atoms with van der Waals surface area (Å²) >= 11 is 0. The van der Waals surface area contributed by atoms with Gasteiger partial charge in [0.2, 0.25) is 5.91 Å². The number of nitrogens with zero attached hydrogens (tertiary/aromatic N) is 1. The van der Waals surface area contributed by atoms with Crippen LogP contribution in [0.25, 0.3) is 0 Å². The first-order valence-electron chi connectivity index (χ1n) is 10.0. The van der Waals surface area contributed by atoms with Crippen molar-refractivity contribution >= 4 is 5.91 Å². The molecule has 3 unspecified atom stereocenters. The minimum Gasteiger partial charge on any atom is -0.374 e. The normalized spacial score (nSPS) is 28.1. The van der Waals surface area contributed by atoms with Crippen molar-refractivity contribution in [1.29, 1.82) is 0 Å². The van der Waals surface area contributed by atoms with Crippen molar-refractivity contribution in [3.63, 3.8) is 0 Å². The van der Waals surface area contributed by atoms with Crippen LogP contribution in [0, 0.1) is 5.92 Å². The Morgan fingerprint density at radius 2 is 1.92 bits per heavy atom. The zero-order chi connectivity index (χ0) is 17.1. The Balaban J connectivity index is 1.39. The highest BCUT2D eigenvalue weighted by Gasteiger charge is 2.37. The van der Waals surface area contributed by atoms with E-state index >= 15 is 0 Å². The number of amides is 1. The lowest BCUT2D eigenvalue weighted by molar-refractivity contribution is -0.148. The average Bonchev–Trinajstić information content (AvgIpc) is 2.63. The largest absolute Gasteiger partial charge is 0.374 e. The number of morpholine rings is 1. The van der Waals surface area contributed by atoms with E-state index in [1.807, 2.05) is 0 Å². The Morgan fingerprint density at radius 3 is 2.68 bits per heavy atom. The summed E-state index contributed by atoms with van der Waals surface area (Å²) in [6.07, 6.45) is 8.78. The van der Waals surface area contributed by atoms with E-state index in [1.165, 1.54) is 37.7 Å². The van der Waals surface area contributed by atoms with E-state index in [-0.39, 0.29) is 12.0 Å². The van der Waals surface area contributed by atoms with Crippen molar-refractivity contribution < 1.29 is 9.53 Å². The molecule has 3 fully saturated rings. The lowest BCUT2D eigenvalue weighted by Crippen LogP contribution is -2.56. The molecule has 4 heteroatoms. The number of ether oxygens (including phenoxy) is 1. The fraction of sp³-hybridized carbons (Fsp3) is 0.667. The van der Waals surface area contributed by atoms with E-state index in [4.69, 9.17) is 4.74 Å². The van der Waals surface area contributed by atoms with Crippen LogP contribution in [0.1, 0.15) is 56.6 Å². The van der Waals surface area contributed by atoms with Crippen LogP contribution < -0.4 is 5.32 Å². The van der Waals surface area contributed by atoms with Crippen molar-refractivity contribution in [2.75, 3.05) is 19.7 Å². The highest BCUT2D eigenvalue weighted by atomic mass is 16.5. The Morgan fingerprint density at radius 1 is 1.12 bits per heavy atom. The number of rotatable bonds is 5. The number of hydrogen-bond donors (Lipinski definition) is 1. The van der Waals surface area contributed by atoms with E-state index in [0.29, 0.717) is 31.2 Å². The second kappa shape index (κ2) is 7.88. The van der Waals surface area contributed by atoms with E-state index in [9.17, 15) is 4.79 Å². The van der Waals surface area contributed by atoms with Crippen LogP contribution in [-0.4, -0.2) is 42.6 Å². The van der Waals surface area contributed by atoms with Gasteiger partial charge >= 0.3 is 0 Å². The third kappa shape index (κ3) is 3.75. The standard InChI is InChI=1S/C21H30N2O2/c24-20(23-13-14-25-19-12-5-4-11-18(19)23)15-22-21(17-9-6-10-17)16-7-2-1-3-8-16/h1-3,7-8,17-19,21-22H,4-6,9-15H2. The third-order valence-electron chi connectivity index (χ3n) is 6.31. The number of hydrogen-bond acceptors (Lipinski definition) is 3. The molecule has 3 atom stereocenters. The quantitative estimate of drug-likeness (QED) is 0.893. The lowest BCUT2D eigenvalue weighted by atomic mass is 9.77. The maximum atomic E-state index is 12.9. The monoisotopic (exact) mass is 342 g/mol. The maximum Gasteiger partial charge on any atom is 0.236 e. The number of carbonyl (C=O) groups is 1. The summed E-state index contributed by atoms with van der Waals surface area (Å²) in [7, 11) is 0. The Kier molecular flexibility index (Phi) is 5.37. The summed E-state index contributed by atoms with van der Waals surface area (Å²) in [6, 6.07) is 11.2. The SMILES string of the molecule is O=C(CNC(c1ccccc1)C1CCC1)N1CCOC2CCCCC21. The predicted molar refractivity (Wildman–Crippen MR) is 98.2 cm³/mol. The Labute approximate surface area is 150 Å². The van der Waals surface area contributed by atoms with Crippen molar-refractivity contribution in [2.45, 2.75) is 63.1 Å². The van der Waals surface area contributed by atoms with Crippen LogP contribution in [0.3, 0.4) is 0 Å². The Bertz CT molecular complexity index is 571. The van der Waals surface area contributed by atoms with Crippen LogP contribution in [0.4, 0.5) is 0 Å². The fourth-order valence-corrected chi connectivity index (χ4v) is 4.70. The summed E-state index contributed by atoms with van der Waals surface area (Å²) in [5.41, 5.74) is 1.32. The molecule has 136 valence electrons. The topological polar surface area (TPSA) is 41.6 Å². The number of carbonyl (C=O) groups excluding carboxylic acids is 1. The molecule has 0 spiro atoms. The van der Waals surface area contributed by atoms with Crippen LogP contribution >= 0.6 is 0 Å².